The molecule has 1 aliphatic heterocycles. The van der Waals surface area contributed by atoms with Crippen molar-refractivity contribution in [2.75, 3.05) is 13.6 Å². The Morgan fingerprint density at radius 3 is 2.62 bits per heavy atom. The van der Waals surface area contributed by atoms with E-state index in [-0.39, 0.29) is 24.8 Å². The number of nitrogens with one attached hydrogen (secondary N) is 1. The first-order valence-corrected chi connectivity index (χ1v) is 6.97. The number of likely N-dealkylation sites (N-methyl/N-ethyl adjacent to an activating group) is 1. The lowest BCUT2D eigenvalue weighted by Crippen LogP contribution is -2.36. The normalized spacial score (nSPS) is 20.1. The second-order valence-corrected chi connectivity index (χ2v) is 5.15. The maximum Gasteiger partial charge on any atom is 0.213 e. The molecule has 2 aromatic carbocycles. The minimum absolute atomic E-state index is 0. The number of hydrogen-bond acceptors (Lipinski definition) is 3. The van der Waals surface area contributed by atoms with Crippen LogP contribution in [0.25, 0.3) is 0 Å². The van der Waals surface area contributed by atoms with Gasteiger partial charge in [0.2, 0.25) is 6.29 Å². The molecular formula is C16H17Cl2NO2. The quantitative estimate of drug-likeness (QED) is 0.930. The summed E-state index contributed by atoms with van der Waals surface area (Å²) in [5.74, 6) is 0.828. The lowest BCUT2D eigenvalue weighted by atomic mass is 9.99. The van der Waals surface area contributed by atoms with E-state index >= 15 is 0 Å². The molecule has 0 fully saturated rings. The number of benzene rings is 2. The van der Waals surface area contributed by atoms with E-state index in [1.807, 2.05) is 43.4 Å². The minimum Gasteiger partial charge on any atom is -0.463 e. The minimum atomic E-state index is -0.307. The van der Waals surface area contributed by atoms with Crippen molar-refractivity contribution < 1.29 is 9.47 Å². The average Bonchev–Trinajstić information content (AvgIpc) is 2.48. The maximum atomic E-state index is 6.10. The van der Waals surface area contributed by atoms with Crippen LogP contribution in [0.15, 0.2) is 48.5 Å². The second kappa shape index (κ2) is 7.14. The molecule has 1 N–H and O–H groups in total. The SMILES string of the molecule is CNC[C@H]1Oc2ccc(Cl)cc2[C@@H](c2ccccc2)O1.Cl. The first kappa shape index (κ1) is 16.1. The average molecular weight is 326 g/mol. The van der Waals surface area contributed by atoms with Gasteiger partial charge in [0.25, 0.3) is 0 Å². The highest BCUT2D eigenvalue weighted by atomic mass is 35.5. The van der Waals surface area contributed by atoms with E-state index in [2.05, 4.69) is 17.4 Å². The van der Waals surface area contributed by atoms with Crippen LogP contribution >= 0.6 is 24.0 Å². The lowest BCUT2D eigenvalue weighted by Gasteiger charge is -2.33. The topological polar surface area (TPSA) is 30.5 Å². The van der Waals surface area contributed by atoms with E-state index in [1.54, 1.807) is 0 Å². The summed E-state index contributed by atoms with van der Waals surface area (Å²) in [7, 11) is 1.88. The molecule has 1 heterocycles. The molecule has 21 heavy (non-hydrogen) atoms. The predicted octanol–water partition coefficient (Wildman–Crippen LogP) is 3.81. The third-order valence-electron chi connectivity index (χ3n) is 3.27. The Morgan fingerprint density at radius 1 is 1.14 bits per heavy atom. The summed E-state index contributed by atoms with van der Waals surface area (Å²) in [4.78, 5) is 0. The molecule has 0 aromatic heterocycles. The Kier molecular flexibility index (Phi) is 5.48. The van der Waals surface area contributed by atoms with Gasteiger partial charge >= 0.3 is 0 Å². The molecule has 0 spiro atoms. The third kappa shape index (κ3) is 3.50. The number of hydrogen-bond donors (Lipinski definition) is 1. The number of halogens is 2. The zero-order valence-electron chi connectivity index (χ0n) is 11.6. The van der Waals surface area contributed by atoms with Gasteiger partial charge in [-0.1, -0.05) is 41.9 Å². The van der Waals surface area contributed by atoms with Crippen LogP contribution < -0.4 is 10.1 Å². The molecule has 0 unspecified atom stereocenters. The molecular weight excluding hydrogens is 309 g/mol. The summed E-state index contributed by atoms with van der Waals surface area (Å²) in [6.07, 6.45) is -0.462. The monoisotopic (exact) mass is 325 g/mol. The molecule has 0 aliphatic carbocycles. The van der Waals surface area contributed by atoms with Crippen molar-refractivity contribution in [3.63, 3.8) is 0 Å². The summed E-state index contributed by atoms with van der Waals surface area (Å²) >= 11 is 6.10. The molecule has 1 aliphatic rings. The van der Waals surface area contributed by atoms with E-state index in [0.29, 0.717) is 11.6 Å². The largest absolute Gasteiger partial charge is 0.463 e. The molecule has 0 saturated heterocycles. The van der Waals surface area contributed by atoms with Crippen molar-refractivity contribution in [1.82, 2.24) is 5.32 Å². The van der Waals surface area contributed by atoms with Gasteiger partial charge < -0.3 is 14.8 Å². The molecule has 0 radical (unpaired) electrons. The molecule has 5 heteroatoms. The van der Waals surface area contributed by atoms with E-state index in [9.17, 15) is 0 Å². The molecule has 3 nitrogen and oxygen atoms in total. The van der Waals surface area contributed by atoms with Crippen LogP contribution in [0, 0.1) is 0 Å². The first-order valence-electron chi connectivity index (χ1n) is 6.59. The van der Waals surface area contributed by atoms with E-state index < -0.39 is 0 Å². The van der Waals surface area contributed by atoms with Crippen molar-refractivity contribution in [3.05, 3.63) is 64.7 Å². The Labute approximate surface area is 135 Å². The van der Waals surface area contributed by atoms with Gasteiger partial charge in [-0.15, -0.1) is 12.4 Å². The van der Waals surface area contributed by atoms with Crippen molar-refractivity contribution in [1.29, 1.82) is 0 Å². The molecule has 2 aromatic rings. The zero-order valence-corrected chi connectivity index (χ0v) is 13.2. The Balaban J connectivity index is 0.00000161. The van der Waals surface area contributed by atoms with Crippen molar-refractivity contribution in [2.45, 2.75) is 12.4 Å². The van der Waals surface area contributed by atoms with Gasteiger partial charge in [-0.25, -0.2) is 0 Å². The molecule has 0 bridgehead atoms. The highest BCUT2D eigenvalue weighted by molar-refractivity contribution is 6.30. The van der Waals surface area contributed by atoms with Crippen LogP contribution in [0.2, 0.25) is 5.02 Å². The molecule has 3 rings (SSSR count). The van der Waals surface area contributed by atoms with E-state index in [1.165, 1.54) is 0 Å². The molecule has 112 valence electrons. The standard InChI is InChI=1S/C16H16ClNO2.ClH/c1-18-10-15-19-14-8-7-12(17)9-13(14)16(20-15)11-5-3-2-4-6-11;/h2-9,15-16,18H,10H2,1H3;1H/t15-,16+;/m0./s1. The fraction of sp³-hybridized carbons (Fsp3) is 0.250. The van der Waals surface area contributed by atoms with Gasteiger partial charge in [0, 0.05) is 10.6 Å². The van der Waals surface area contributed by atoms with Crippen LogP contribution in [0.4, 0.5) is 0 Å². The van der Waals surface area contributed by atoms with Crippen molar-refractivity contribution in [2.24, 2.45) is 0 Å². The van der Waals surface area contributed by atoms with Gasteiger partial charge in [0.05, 0.1) is 6.54 Å². The van der Waals surface area contributed by atoms with Crippen LogP contribution in [-0.4, -0.2) is 19.9 Å². The van der Waals surface area contributed by atoms with E-state index in [4.69, 9.17) is 21.1 Å². The fourth-order valence-corrected chi connectivity index (χ4v) is 2.55. The van der Waals surface area contributed by atoms with Gasteiger partial charge in [-0.05, 0) is 30.8 Å². The van der Waals surface area contributed by atoms with Gasteiger partial charge in [-0.2, -0.15) is 0 Å². The fourth-order valence-electron chi connectivity index (χ4n) is 2.37. The Bertz CT molecular complexity index is 592. The summed E-state index contributed by atoms with van der Waals surface area (Å²) in [6, 6.07) is 15.8. The first-order chi connectivity index (χ1) is 9.78. The lowest BCUT2D eigenvalue weighted by molar-refractivity contribution is -0.123. The Hall–Kier alpha value is -1.26. The second-order valence-electron chi connectivity index (χ2n) is 4.71. The van der Waals surface area contributed by atoms with Gasteiger partial charge in [0.1, 0.15) is 11.9 Å². The summed E-state index contributed by atoms with van der Waals surface area (Å²) < 4.78 is 11.9. The summed E-state index contributed by atoms with van der Waals surface area (Å²) in [6.45, 7) is 0.630. The molecule has 0 amide bonds. The smallest absolute Gasteiger partial charge is 0.213 e. The van der Waals surface area contributed by atoms with Gasteiger partial charge in [0.15, 0.2) is 0 Å². The van der Waals surface area contributed by atoms with Gasteiger partial charge in [-0.3, -0.25) is 0 Å². The Morgan fingerprint density at radius 2 is 1.90 bits per heavy atom. The maximum absolute atomic E-state index is 6.10. The molecule has 2 atom stereocenters. The van der Waals surface area contributed by atoms with Crippen LogP contribution in [0.3, 0.4) is 0 Å². The summed E-state index contributed by atoms with van der Waals surface area (Å²) in [5, 5.41) is 3.76. The highest BCUT2D eigenvalue weighted by Crippen LogP contribution is 2.39. The number of ether oxygens (including phenoxy) is 2. The number of fused-ring (bicyclic) bond motifs is 1. The highest BCUT2D eigenvalue weighted by Gasteiger charge is 2.29. The zero-order chi connectivity index (χ0) is 13.9. The number of rotatable bonds is 3. The van der Waals surface area contributed by atoms with Crippen LogP contribution in [0.5, 0.6) is 5.75 Å². The summed E-state index contributed by atoms with van der Waals surface area (Å²) in [5.41, 5.74) is 2.07. The molecule has 0 saturated carbocycles. The van der Waals surface area contributed by atoms with Crippen molar-refractivity contribution in [3.8, 4) is 5.75 Å². The third-order valence-corrected chi connectivity index (χ3v) is 3.51. The van der Waals surface area contributed by atoms with E-state index in [0.717, 1.165) is 16.9 Å². The van der Waals surface area contributed by atoms with Crippen LogP contribution in [-0.2, 0) is 4.74 Å². The predicted molar refractivity (Wildman–Crippen MR) is 86.4 cm³/mol. The van der Waals surface area contributed by atoms with Crippen LogP contribution in [0.1, 0.15) is 17.2 Å². The van der Waals surface area contributed by atoms with Crippen molar-refractivity contribution >= 4 is 24.0 Å².